The molecule has 0 spiro atoms. The largest absolute Gasteiger partial charge is 0.496 e. The zero-order valence-corrected chi connectivity index (χ0v) is 13.5. The molecule has 1 aromatic rings. The lowest BCUT2D eigenvalue weighted by Gasteiger charge is -2.06. The van der Waals surface area contributed by atoms with E-state index in [4.69, 9.17) is 11.2 Å². The van der Waals surface area contributed by atoms with Gasteiger partial charge in [-0.15, -0.1) is 6.42 Å². The molecule has 0 unspecified atom stereocenters. The van der Waals surface area contributed by atoms with Gasteiger partial charge in [0.2, 0.25) is 0 Å². The minimum Gasteiger partial charge on any atom is -0.496 e. The lowest BCUT2D eigenvalue weighted by atomic mass is 10.2. The van der Waals surface area contributed by atoms with E-state index in [2.05, 4.69) is 28.5 Å². The summed E-state index contributed by atoms with van der Waals surface area (Å²) in [6.07, 6.45) is 6.83. The Morgan fingerprint density at radius 2 is 2.25 bits per heavy atom. The van der Waals surface area contributed by atoms with Gasteiger partial charge in [-0.3, -0.25) is 14.5 Å². The number of carbonyl (C=O) groups excluding carboxylic acids is 2. The molecule has 0 N–H and O–H groups in total. The van der Waals surface area contributed by atoms with Gasteiger partial charge in [0.15, 0.2) is 0 Å². The number of carbonyl (C=O) groups is 2. The minimum absolute atomic E-state index is 0.00214. The van der Waals surface area contributed by atoms with E-state index in [1.165, 1.54) is 0 Å². The van der Waals surface area contributed by atoms with Gasteiger partial charge in [0.1, 0.15) is 5.75 Å². The van der Waals surface area contributed by atoms with Gasteiger partial charge < -0.3 is 4.74 Å². The molecule has 4 nitrogen and oxygen atoms in total. The van der Waals surface area contributed by atoms with Gasteiger partial charge in [-0.1, -0.05) is 12.0 Å². The normalized spacial score (nSPS) is 16.6. The van der Waals surface area contributed by atoms with Gasteiger partial charge >= 0.3 is 0 Å². The molecule has 0 atom stereocenters. The first-order chi connectivity index (χ1) is 9.56. The van der Waals surface area contributed by atoms with Crippen LogP contribution in [0.3, 0.4) is 0 Å². The second kappa shape index (κ2) is 6.33. The SMILES string of the molecule is C#CCN1C(=O)S/C(=C/c2ccc(OC)c(I)c2)C1=O. The molecule has 20 heavy (non-hydrogen) atoms. The van der Waals surface area contributed by atoms with E-state index in [9.17, 15) is 9.59 Å². The summed E-state index contributed by atoms with van der Waals surface area (Å²) in [4.78, 5) is 25.1. The van der Waals surface area contributed by atoms with Crippen LogP contribution in [-0.4, -0.2) is 29.7 Å². The number of rotatable bonds is 3. The molecule has 102 valence electrons. The molecule has 0 bridgehead atoms. The molecular weight excluding hydrogens is 389 g/mol. The minimum atomic E-state index is -0.344. The van der Waals surface area contributed by atoms with Gasteiger partial charge in [-0.25, -0.2) is 0 Å². The number of methoxy groups -OCH3 is 1. The van der Waals surface area contributed by atoms with E-state index in [1.54, 1.807) is 13.2 Å². The summed E-state index contributed by atoms with van der Waals surface area (Å²) >= 11 is 3.05. The van der Waals surface area contributed by atoms with Gasteiger partial charge in [0.05, 0.1) is 22.1 Å². The number of terminal acetylenes is 1. The molecule has 1 fully saturated rings. The first kappa shape index (κ1) is 14.9. The Labute approximate surface area is 134 Å². The van der Waals surface area contributed by atoms with E-state index >= 15 is 0 Å². The highest BCUT2D eigenvalue weighted by Gasteiger charge is 2.34. The van der Waals surface area contributed by atoms with Crippen molar-refractivity contribution in [1.82, 2.24) is 4.90 Å². The average Bonchev–Trinajstić information content (AvgIpc) is 2.67. The van der Waals surface area contributed by atoms with Crippen LogP contribution < -0.4 is 4.74 Å². The molecule has 1 aliphatic heterocycles. The molecule has 1 aliphatic rings. The zero-order chi connectivity index (χ0) is 14.7. The van der Waals surface area contributed by atoms with E-state index in [0.29, 0.717) is 4.91 Å². The smallest absolute Gasteiger partial charge is 0.294 e. The number of benzene rings is 1. The lowest BCUT2D eigenvalue weighted by Crippen LogP contribution is -2.28. The van der Waals surface area contributed by atoms with Crippen molar-refractivity contribution >= 4 is 51.6 Å². The number of nitrogens with zero attached hydrogens (tertiary/aromatic N) is 1. The van der Waals surface area contributed by atoms with Crippen molar-refractivity contribution in [3.05, 3.63) is 32.2 Å². The summed E-state index contributed by atoms with van der Waals surface area (Å²) < 4.78 is 6.10. The maximum atomic E-state index is 12.0. The maximum absolute atomic E-state index is 12.0. The quantitative estimate of drug-likeness (QED) is 0.446. The van der Waals surface area contributed by atoms with Crippen LogP contribution in [0.1, 0.15) is 5.56 Å². The van der Waals surface area contributed by atoms with Crippen LogP contribution in [0.4, 0.5) is 4.79 Å². The molecule has 1 aromatic carbocycles. The molecular formula is C14H10INO3S. The number of thioether (sulfide) groups is 1. The van der Waals surface area contributed by atoms with E-state index < -0.39 is 0 Å². The predicted molar refractivity (Wildman–Crippen MR) is 87.2 cm³/mol. The molecule has 1 heterocycles. The Morgan fingerprint density at radius 1 is 1.50 bits per heavy atom. The Bertz CT molecular complexity index is 648. The molecule has 0 saturated carbocycles. The van der Waals surface area contributed by atoms with Crippen molar-refractivity contribution in [2.24, 2.45) is 0 Å². The fraction of sp³-hybridized carbons (Fsp3) is 0.143. The highest BCUT2D eigenvalue weighted by Crippen LogP contribution is 2.32. The van der Waals surface area contributed by atoms with E-state index in [0.717, 1.165) is 31.5 Å². The van der Waals surface area contributed by atoms with Gasteiger partial charge in [-0.05, 0) is 58.1 Å². The van der Waals surface area contributed by atoms with Crippen LogP contribution in [0, 0.1) is 15.9 Å². The standard InChI is InChI=1S/C14H10INO3S/c1-3-6-16-13(17)12(20-14(16)18)8-9-4-5-11(19-2)10(15)7-9/h1,4-5,7-8H,6H2,2H3/b12-8+. The zero-order valence-electron chi connectivity index (χ0n) is 10.6. The Kier molecular flexibility index (Phi) is 4.73. The Morgan fingerprint density at radius 3 is 2.85 bits per heavy atom. The topological polar surface area (TPSA) is 46.6 Å². The molecule has 2 rings (SSSR count). The number of imide groups is 1. The fourth-order valence-electron chi connectivity index (χ4n) is 1.65. The number of hydrogen-bond donors (Lipinski definition) is 0. The summed E-state index contributed by atoms with van der Waals surface area (Å²) in [6.45, 7) is 0.00214. The second-order valence-electron chi connectivity index (χ2n) is 3.87. The van der Waals surface area contributed by atoms with E-state index in [-0.39, 0.29) is 17.7 Å². The molecule has 0 aromatic heterocycles. The molecule has 6 heteroatoms. The van der Waals surface area contributed by atoms with Crippen molar-refractivity contribution in [1.29, 1.82) is 0 Å². The highest BCUT2D eigenvalue weighted by molar-refractivity contribution is 14.1. The van der Waals surface area contributed by atoms with Gasteiger partial charge in [0.25, 0.3) is 11.1 Å². The van der Waals surface area contributed by atoms with Gasteiger partial charge in [-0.2, -0.15) is 0 Å². The number of amides is 2. The summed E-state index contributed by atoms with van der Waals surface area (Å²) in [6, 6.07) is 5.53. The fourth-order valence-corrected chi connectivity index (χ4v) is 3.25. The van der Waals surface area contributed by atoms with Crippen molar-refractivity contribution in [2.45, 2.75) is 0 Å². The first-order valence-electron chi connectivity index (χ1n) is 5.59. The number of hydrogen-bond acceptors (Lipinski definition) is 4. The van der Waals surface area contributed by atoms with E-state index in [1.807, 2.05) is 18.2 Å². The number of halogens is 1. The molecule has 2 amide bonds. The summed E-state index contributed by atoms with van der Waals surface area (Å²) in [7, 11) is 1.60. The third kappa shape index (κ3) is 2.99. The third-order valence-electron chi connectivity index (χ3n) is 2.60. The predicted octanol–water partition coefficient (Wildman–Crippen LogP) is 2.97. The summed E-state index contributed by atoms with van der Waals surface area (Å²) in [5, 5.41) is -0.331. The summed E-state index contributed by atoms with van der Waals surface area (Å²) in [5.41, 5.74) is 0.835. The second-order valence-corrected chi connectivity index (χ2v) is 6.02. The monoisotopic (exact) mass is 399 g/mol. The first-order valence-corrected chi connectivity index (χ1v) is 7.48. The van der Waals surface area contributed by atoms with Crippen LogP contribution in [0.25, 0.3) is 6.08 Å². The Balaban J connectivity index is 2.28. The number of ether oxygens (including phenoxy) is 1. The molecule has 0 aliphatic carbocycles. The van der Waals surface area contributed by atoms with Gasteiger partial charge in [0, 0.05) is 0 Å². The highest BCUT2D eigenvalue weighted by atomic mass is 127. The maximum Gasteiger partial charge on any atom is 0.294 e. The molecule has 1 saturated heterocycles. The van der Waals surface area contributed by atoms with Crippen LogP contribution in [0.2, 0.25) is 0 Å². The summed E-state index contributed by atoms with van der Waals surface area (Å²) in [5.74, 6) is 2.73. The van der Waals surface area contributed by atoms with Crippen molar-refractivity contribution in [3.63, 3.8) is 0 Å². The van der Waals surface area contributed by atoms with Crippen LogP contribution in [0.15, 0.2) is 23.1 Å². The average molecular weight is 399 g/mol. The third-order valence-corrected chi connectivity index (χ3v) is 4.35. The van der Waals surface area contributed by atoms with Crippen molar-refractivity contribution in [2.75, 3.05) is 13.7 Å². The molecule has 0 radical (unpaired) electrons. The van der Waals surface area contributed by atoms with Crippen molar-refractivity contribution in [3.8, 4) is 18.1 Å². The van der Waals surface area contributed by atoms with Crippen molar-refractivity contribution < 1.29 is 14.3 Å². The van der Waals surface area contributed by atoms with Crippen LogP contribution >= 0.6 is 34.4 Å². The lowest BCUT2D eigenvalue weighted by molar-refractivity contribution is -0.122. The Hall–Kier alpha value is -1.46. The van der Waals surface area contributed by atoms with Crippen LogP contribution in [0.5, 0.6) is 5.75 Å². The van der Waals surface area contributed by atoms with Crippen LogP contribution in [-0.2, 0) is 4.79 Å².